The minimum Gasteiger partial charge on any atom is -0.489 e. The highest BCUT2D eigenvalue weighted by atomic mass is 16.5. The van der Waals surface area contributed by atoms with Crippen molar-refractivity contribution in [2.75, 3.05) is 6.54 Å². The SMILES string of the molecule is CCC(C)c1ccccc1OC(C)CNC(C)c1ccccc1. The second-order valence-electron chi connectivity index (χ2n) is 6.32. The third kappa shape index (κ3) is 5.11. The van der Waals surface area contributed by atoms with Gasteiger partial charge in [0.05, 0.1) is 0 Å². The van der Waals surface area contributed by atoms with E-state index in [1.807, 2.05) is 12.1 Å². The van der Waals surface area contributed by atoms with Crippen LogP contribution >= 0.6 is 0 Å². The molecule has 0 aliphatic rings. The molecule has 2 rings (SSSR count). The summed E-state index contributed by atoms with van der Waals surface area (Å²) in [5.74, 6) is 1.54. The van der Waals surface area contributed by atoms with Crippen LogP contribution in [0.25, 0.3) is 0 Å². The molecule has 0 saturated carbocycles. The minimum atomic E-state index is 0.131. The third-order valence-electron chi connectivity index (χ3n) is 4.40. The highest BCUT2D eigenvalue weighted by Gasteiger charge is 2.13. The first-order valence-electron chi connectivity index (χ1n) is 8.65. The fraction of sp³-hybridized carbons (Fsp3) is 0.429. The number of hydrogen-bond donors (Lipinski definition) is 1. The van der Waals surface area contributed by atoms with Crippen molar-refractivity contribution in [1.82, 2.24) is 5.32 Å². The Morgan fingerprint density at radius 1 is 0.913 bits per heavy atom. The summed E-state index contributed by atoms with van der Waals surface area (Å²) in [4.78, 5) is 0. The third-order valence-corrected chi connectivity index (χ3v) is 4.40. The van der Waals surface area contributed by atoms with Gasteiger partial charge in [-0.2, -0.15) is 0 Å². The van der Waals surface area contributed by atoms with E-state index in [4.69, 9.17) is 4.74 Å². The molecule has 0 heterocycles. The van der Waals surface area contributed by atoms with Crippen LogP contribution in [0.5, 0.6) is 5.75 Å². The lowest BCUT2D eigenvalue weighted by atomic mass is 9.98. The van der Waals surface area contributed by atoms with Gasteiger partial charge in [-0.25, -0.2) is 0 Å². The van der Waals surface area contributed by atoms with Crippen LogP contribution in [0, 0.1) is 0 Å². The second-order valence-corrected chi connectivity index (χ2v) is 6.32. The fourth-order valence-electron chi connectivity index (χ4n) is 2.68. The Bertz CT molecular complexity index is 581. The van der Waals surface area contributed by atoms with Gasteiger partial charge in [-0.05, 0) is 43.4 Å². The molecular formula is C21H29NO. The summed E-state index contributed by atoms with van der Waals surface area (Å²) in [6, 6.07) is 19.2. The maximum Gasteiger partial charge on any atom is 0.123 e. The highest BCUT2D eigenvalue weighted by Crippen LogP contribution is 2.29. The number of para-hydroxylation sites is 1. The zero-order valence-electron chi connectivity index (χ0n) is 14.8. The van der Waals surface area contributed by atoms with Crippen LogP contribution in [-0.2, 0) is 0 Å². The van der Waals surface area contributed by atoms with Gasteiger partial charge in [0.25, 0.3) is 0 Å². The maximum atomic E-state index is 6.19. The molecule has 2 heteroatoms. The van der Waals surface area contributed by atoms with Crippen molar-refractivity contribution in [3.63, 3.8) is 0 Å². The van der Waals surface area contributed by atoms with E-state index in [9.17, 15) is 0 Å². The highest BCUT2D eigenvalue weighted by molar-refractivity contribution is 5.36. The van der Waals surface area contributed by atoms with Crippen LogP contribution in [0.4, 0.5) is 0 Å². The van der Waals surface area contributed by atoms with Crippen LogP contribution in [0.3, 0.4) is 0 Å². The standard InChI is InChI=1S/C21H29NO/c1-5-16(2)20-13-9-10-14-21(20)23-17(3)15-22-18(4)19-11-7-6-8-12-19/h6-14,16-18,22H,5,15H2,1-4H3. The molecule has 0 radical (unpaired) electrons. The summed E-state index contributed by atoms with van der Waals surface area (Å²) in [5.41, 5.74) is 2.61. The smallest absolute Gasteiger partial charge is 0.123 e. The molecule has 0 amide bonds. The molecule has 0 bridgehead atoms. The average Bonchev–Trinajstić information content (AvgIpc) is 2.60. The lowest BCUT2D eigenvalue weighted by molar-refractivity contribution is 0.210. The summed E-state index contributed by atoms with van der Waals surface area (Å²) in [5, 5.41) is 3.56. The Labute approximate surface area is 140 Å². The summed E-state index contributed by atoms with van der Waals surface area (Å²) in [6.45, 7) is 9.61. The molecule has 2 aromatic carbocycles. The molecule has 0 saturated heterocycles. The summed E-state index contributed by atoms with van der Waals surface area (Å²) in [7, 11) is 0. The van der Waals surface area contributed by atoms with Gasteiger partial charge in [0.1, 0.15) is 11.9 Å². The molecule has 0 spiro atoms. The fourth-order valence-corrected chi connectivity index (χ4v) is 2.68. The average molecular weight is 311 g/mol. The monoisotopic (exact) mass is 311 g/mol. The first-order chi connectivity index (χ1) is 11.1. The largest absolute Gasteiger partial charge is 0.489 e. The van der Waals surface area contributed by atoms with E-state index >= 15 is 0 Å². The van der Waals surface area contributed by atoms with E-state index < -0.39 is 0 Å². The number of benzene rings is 2. The van der Waals surface area contributed by atoms with Gasteiger partial charge >= 0.3 is 0 Å². The van der Waals surface area contributed by atoms with Gasteiger partial charge in [-0.3, -0.25) is 0 Å². The quantitative estimate of drug-likeness (QED) is 0.712. The normalized spacial score (nSPS) is 15.0. The van der Waals surface area contributed by atoms with Crippen molar-refractivity contribution >= 4 is 0 Å². The van der Waals surface area contributed by atoms with E-state index in [2.05, 4.69) is 75.5 Å². The van der Waals surface area contributed by atoms with Gasteiger partial charge in [0.15, 0.2) is 0 Å². The van der Waals surface area contributed by atoms with Crippen LogP contribution in [0.1, 0.15) is 57.2 Å². The van der Waals surface area contributed by atoms with Crippen molar-refractivity contribution in [3.8, 4) is 5.75 Å². The molecule has 1 N–H and O–H groups in total. The number of hydrogen-bond acceptors (Lipinski definition) is 2. The predicted molar refractivity (Wildman–Crippen MR) is 98.1 cm³/mol. The molecule has 0 aromatic heterocycles. The maximum absolute atomic E-state index is 6.19. The lowest BCUT2D eigenvalue weighted by Crippen LogP contribution is -2.31. The van der Waals surface area contributed by atoms with Gasteiger partial charge in [0.2, 0.25) is 0 Å². The van der Waals surface area contributed by atoms with E-state index in [-0.39, 0.29) is 6.10 Å². The second kappa shape index (κ2) is 8.73. The van der Waals surface area contributed by atoms with Crippen molar-refractivity contribution in [1.29, 1.82) is 0 Å². The zero-order valence-corrected chi connectivity index (χ0v) is 14.8. The zero-order chi connectivity index (χ0) is 16.7. The molecule has 0 aliphatic carbocycles. The number of nitrogens with one attached hydrogen (secondary N) is 1. The van der Waals surface area contributed by atoms with Gasteiger partial charge in [-0.15, -0.1) is 0 Å². The molecule has 2 aromatic rings. The van der Waals surface area contributed by atoms with Gasteiger partial charge in [0, 0.05) is 12.6 Å². The van der Waals surface area contributed by atoms with E-state index in [1.165, 1.54) is 11.1 Å². The minimum absolute atomic E-state index is 0.131. The van der Waals surface area contributed by atoms with Crippen molar-refractivity contribution in [2.45, 2.75) is 52.2 Å². The molecule has 0 aliphatic heterocycles. The van der Waals surface area contributed by atoms with E-state index in [0.717, 1.165) is 18.7 Å². The number of rotatable bonds is 8. The summed E-state index contributed by atoms with van der Waals surface area (Å²) < 4.78 is 6.19. The Balaban J connectivity index is 1.91. The predicted octanol–water partition coefficient (Wildman–Crippen LogP) is 5.32. The molecule has 124 valence electrons. The Kier molecular flexibility index (Phi) is 6.66. The summed E-state index contributed by atoms with van der Waals surface area (Å²) >= 11 is 0. The summed E-state index contributed by atoms with van der Waals surface area (Å²) in [6.07, 6.45) is 1.25. The Morgan fingerprint density at radius 2 is 1.57 bits per heavy atom. The van der Waals surface area contributed by atoms with Crippen molar-refractivity contribution in [3.05, 3.63) is 65.7 Å². The van der Waals surface area contributed by atoms with E-state index in [0.29, 0.717) is 12.0 Å². The molecule has 3 atom stereocenters. The Morgan fingerprint density at radius 3 is 2.26 bits per heavy atom. The van der Waals surface area contributed by atoms with E-state index in [1.54, 1.807) is 0 Å². The molecular weight excluding hydrogens is 282 g/mol. The van der Waals surface area contributed by atoms with Crippen LogP contribution < -0.4 is 10.1 Å². The molecule has 2 nitrogen and oxygen atoms in total. The topological polar surface area (TPSA) is 21.3 Å². The Hall–Kier alpha value is -1.80. The van der Waals surface area contributed by atoms with Crippen molar-refractivity contribution < 1.29 is 4.74 Å². The van der Waals surface area contributed by atoms with Gasteiger partial charge in [-0.1, -0.05) is 62.4 Å². The molecule has 23 heavy (non-hydrogen) atoms. The van der Waals surface area contributed by atoms with Crippen molar-refractivity contribution in [2.24, 2.45) is 0 Å². The first kappa shape index (κ1) is 17.6. The lowest BCUT2D eigenvalue weighted by Gasteiger charge is -2.22. The van der Waals surface area contributed by atoms with Crippen LogP contribution in [0.15, 0.2) is 54.6 Å². The number of ether oxygens (including phenoxy) is 1. The van der Waals surface area contributed by atoms with Gasteiger partial charge < -0.3 is 10.1 Å². The molecule has 3 unspecified atom stereocenters. The van der Waals surface area contributed by atoms with Crippen LogP contribution in [0.2, 0.25) is 0 Å². The molecule has 0 fully saturated rings. The first-order valence-corrected chi connectivity index (χ1v) is 8.65. The van der Waals surface area contributed by atoms with Crippen LogP contribution in [-0.4, -0.2) is 12.6 Å².